The lowest BCUT2D eigenvalue weighted by atomic mass is 10.1. The fourth-order valence-corrected chi connectivity index (χ4v) is 3.74. The van der Waals surface area contributed by atoms with Gasteiger partial charge in [-0.15, -0.1) is 0 Å². The molecule has 0 spiro atoms. The van der Waals surface area contributed by atoms with Crippen molar-refractivity contribution in [3.8, 4) is 0 Å². The molecule has 1 amide bonds. The fraction of sp³-hybridized carbons (Fsp3) is 0.353. The number of amides is 1. The third-order valence-corrected chi connectivity index (χ3v) is 6.20. The predicted octanol–water partition coefficient (Wildman–Crippen LogP) is 2.22. The normalized spacial score (nSPS) is 13.2. The number of hydrogen-bond donors (Lipinski definition) is 1. The molecule has 1 N–H and O–H groups in total. The average molecular weight is 400 g/mol. The molecule has 2 aromatic rings. The summed E-state index contributed by atoms with van der Waals surface area (Å²) < 4.78 is 31.1. The molecule has 1 unspecified atom stereocenters. The lowest BCUT2D eigenvalue weighted by Gasteiger charge is -2.22. The van der Waals surface area contributed by atoms with Crippen LogP contribution in [0.25, 0.3) is 0 Å². The van der Waals surface area contributed by atoms with E-state index in [1.807, 2.05) is 25.1 Å². The smallest absolute Gasteiger partial charge is 0.251 e. The minimum absolute atomic E-state index is 0.0667. The Balaban J connectivity index is 2.20. The van der Waals surface area contributed by atoms with Crippen LogP contribution in [0.4, 0.5) is 0 Å². The SMILES string of the molecule is CN(C)C(CNC(=O)c1ccc(Cl)c(S(=O)(=O)N(C)C)c1)c1ccco1. The number of nitrogens with zero attached hydrogens (tertiary/aromatic N) is 2. The first kappa shape index (κ1) is 20.4. The van der Waals surface area contributed by atoms with E-state index < -0.39 is 15.9 Å². The van der Waals surface area contributed by atoms with E-state index in [9.17, 15) is 13.2 Å². The summed E-state index contributed by atoms with van der Waals surface area (Å²) in [6, 6.07) is 7.65. The van der Waals surface area contributed by atoms with Crippen molar-refractivity contribution >= 4 is 27.5 Å². The molecule has 1 aromatic carbocycles. The second-order valence-corrected chi connectivity index (χ2v) is 8.66. The highest BCUT2D eigenvalue weighted by Crippen LogP contribution is 2.25. The van der Waals surface area contributed by atoms with E-state index in [2.05, 4.69) is 5.32 Å². The van der Waals surface area contributed by atoms with Crippen molar-refractivity contribution in [3.05, 3.63) is 52.9 Å². The molecule has 2 rings (SSSR count). The number of nitrogens with one attached hydrogen (secondary N) is 1. The molecule has 1 atom stereocenters. The van der Waals surface area contributed by atoms with E-state index in [4.69, 9.17) is 16.0 Å². The zero-order valence-electron chi connectivity index (χ0n) is 15.1. The predicted molar refractivity (Wildman–Crippen MR) is 99.8 cm³/mol. The lowest BCUT2D eigenvalue weighted by Crippen LogP contribution is -2.34. The van der Waals surface area contributed by atoms with Crippen LogP contribution in [0.1, 0.15) is 22.2 Å². The second kappa shape index (κ2) is 8.22. The van der Waals surface area contributed by atoms with Crippen molar-refractivity contribution in [1.82, 2.24) is 14.5 Å². The minimum atomic E-state index is -3.75. The number of hydrogen-bond acceptors (Lipinski definition) is 5. The Morgan fingerprint density at radius 2 is 1.92 bits per heavy atom. The van der Waals surface area contributed by atoms with Gasteiger partial charge in [-0.25, -0.2) is 12.7 Å². The van der Waals surface area contributed by atoms with Gasteiger partial charge < -0.3 is 9.73 Å². The summed E-state index contributed by atoms with van der Waals surface area (Å²) in [5.74, 6) is 0.331. The maximum atomic E-state index is 12.5. The Labute approximate surface area is 158 Å². The number of likely N-dealkylation sites (N-methyl/N-ethyl adjacent to an activating group) is 1. The van der Waals surface area contributed by atoms with Gasteiger partial charge in [0.15, 0.2) is 0 Å². The molecule has 0 aliphatic heterocycles. The summed E-state index contributed by atoms with van der Waals surface area (Å²) in [6.07, 6.45) is 1.57. The van der Waals surface area contributed by atoms with E-state index in [-0.39, 0.29) is 21.5 Å². The molecule has 0 saturated heterocycles. The zero-order chi connectivity index (χ0) is 19.5. The number of halogens is 1. The highest BCUT2D eigenvalue weighted by Gasteiger charge is 2.23. The van der Waals surface area contributed by atoms with Gasteiger partial charge in [0.1, 0.15) is 10.7 Å². The Kier molecular flexibility index (Phi) is 6.46. The molecular formula is C17H22ClN3O4S. The summed E-state index contributed by atoms with van der Waals surface area (Å²) in [5, 5.41) is 2.87. The van der Waals surface area contributed by atoms with Crippen molar-refractivity contribution in [3.63, 3.8) is 0 Å². The van der Waals surface area contributed by atoms with Crippen LogP contribution in [0.2, 0.25) is 5.02 Å². The molecular weight excluding hydrogens is 378 g/mol. The number of sulfonamides is 1. The molecule has 0 bridgehead atoms. The largest absolute Gasteiger partial charge is 0.468 e. The number of carbonyl (C=O) groups is 1. The number of benzene rings is 1. The molecule has 26 heavy (non-hydrogen) atoms. The molecule has 0 aliphatic carbocycles. The van der Waals surface area contributed by atoms with Crippen LogP contribution in [0.5, 0.6) is 0 Å². The van der Waals surface area contributed by atoms with Crippen LogP contribution in [0, 0.1) is 0 Å². The van der Waals surface area contributed by atoms with Crippen LogP contribution < -0.4 is 5.32 Å². The van der Waals surface area contributed by atoms with Crippen molar-refractivity contribution in [2.24, 2.45) is 0 Å². The topological polar surface area (TPSA) is 82.9 Å². The minimum Gasteiger partial charge on any atom is -0.468 e. The molecule has 9 heteroatoms. The molecule has 0 aliphatic rings. The molecule has 142 valence electrons. The quantitative estimate of drug-likeness (QED) is 0.771. The highest BCUT2D eigenvalue weighted by atomic mass is 35.5. The van der Waals surface area contributed by atoms with Crippen LogP contribution in [-0.2, 0) is 10.0 Å². The van der Waals surface area contributed by atoms with E-state index >= 15 is 0 Å². The molecule has 7 nitrogen and oxygen atoms in total. The summed E-state index contributed by atoms with van der Waals surface area (Å²) in [6.45, 7) is 0.303. The van der Waals surface area contributed by atoms with Gasteiger partial charge in [-0.3, -0.25) is 9.69 Å². The molecule has 1 aromatic heterocycles. The maximum Gasteiger partial charge on any atom is 0.251 e. The standard InChI is InChI=1S/C17H22ClN3O4S/c1-20(2)14(15-6-5-9-25-15)11-19-17(22)12-7-8-13(18)16(10-12)26(23,24)21(3)4/h5-10,14H,11H2,1-4H3,(H,19,22). The van der Waals surface area contributed by atoms with E-state index in [1.54, 1.807) is 12.3 Å². The van der Waals surface area contributed by atoms with Crippen molar-refractivity contribution < 1.29 is 17.6 Å². The van der Waals surface area contributed by atoms with Gasteiger partial charge in [0, 0.05) is 26.2 Å². The molecule has 0 saturated carbocycles. The van der Waals surface area contributed by atoms with Gasteiger partial charge in [0.05, 0.1) is 17.3 Å². The summed E-state index contributed by atoms with van der Waals surface area (Å²) >= 11 is 6.01. The number of furan rings is 1. The van der Waals surface area contributed by atoms with Crippen LogP contribution in [0.15, 0.2) is 45.9 Å². The highest BCUT2D eigenvalue weighted by molar-refractivity contribution is 7.89. The van der Waals surface area contributed by atoms with Crippen LogP contribution in [-0.4, -0.2) is 58.3 Å². The van der Waals surface area contributed by atoms with E-state index in [1.165, 1.54) is 32.3 Å². The lowest BCUT2D eigenvalue weighted by molar-refractivity contribution is 0.0939. The number of carbonyl (C=O) groups excluding carboxylic acids is 1. The zero-order valence-corrected chi connectivity index (χ0v) is 16.6. The second-order valence-electron chi connectivity index (χ2n) is 6.14. The third kappa shape index (κ3) is 4.45. The van der Waals surface area contributed by atoms with E-state index in [0.717, 1.165) is 10.1 Å². The summed E-state index contributed by atoms with van der Waals surface area (Å²) in [5.41, 5.74) is 0.215. The van der Waals surface area contributed by atoms with Gasteiger partial charge in [-0.2, -0.15) is 0 Å². The van der Waals surface area contributed by atoms with Crippen molar-refractivity contribution in [2.75, 3.05) is 34.7 Å². The Bertz CT molecular complexity index is 864. The maximum absolute atomic E-state index is 12.5. The first-order valence-corrected chi connectivity index (χ1v) is 9.66. The van der Waals surface area contributed by atoms with Gasteiger partial charge >= 0.3 is 0 Å². The van der Waals surface area contributed by atoms with Crippen molar-refractivity contribution in [1.29, 1.82) is 0 Å². The van der Waals surface area contributed by atoms with Gasteiger partial charge in [-0.1, -0.05) is 11.6 Å². The molecule has 1 heterocycles. The Morgan fingerprint density at radius 1 is 1.23 bits per heavy atom. The van der Waals surface area contributed by atoms with Crippen LogP contribution in [0.3, 0.4) is 0 Å². The number of rotatable bonds is 7. The third-order valence-electron chi connectivity index (χ3n) is 3.90. The Hall–Kier alpha value is -1.87. The fourth-order valence-electron chi connectivity index (χ4n) is 2.35. The van der Waals surface area contributed by atoms with Gasteiger partial charge in [0.25, 0.3) is 5.91 Å². The first-order valence-electron chi connectivity index (χ1n) is 7.84. The monoisotopic (exact) mass is 399 g/mol. The molecule has 0 fully saturated rings. The molecule has 0 radical (unpaired) electrons. The first-order chi connectivity index (χ1) is 12.1. The van der Waals surface area contributed by atoms with Crippen molar-refractivity contribution in [2.45, 2.75) is 10.9 Å². The van der Waals surface area contributed by atoms with Gasteiger partial charge in [-0.05, 0) is 44.4 Å². The summed E-state index contributed by atoms with van der Waals surface area (Å²) in [4.78, 5) is 14.3. The summed E-state index contributed by atoms with van der Waals surface area (Å²) in [7, 11) is 2.82. The van der Waals surface area contributed by atoms with Gasteiger partial charge in [0.2, 0.25) is 10.0 Å². The Morgan fingerprint density at radius 3 is 2.46 bits per heavy atom. The average Bonchev–Trinajstić information content (AvgIpc) is 3.08. The van der Waals surface area contributed by atoms with E-state index in [0.29, 0.717) is 6.54 Å². The van der Waals surface area contributed by atoms with Crippen LogP contribution >= 0.6 is 11.6 Å².